The molecule has 0 saturated carbocycles. The maximum Gasteiger partial charge on any atom is 0.267 e. The third-order valence-corrected chi connectivity index (χ3v) is 7.58. The van der Waals surface area contributed by atoms with Gasteiger partial charge in [-0.3, -0.25) is 24.2 Å². The number of benzene rings is 2. The standard InChI is InChI=1S/C25H23N3O4S2/c1-15-7-2-4-10-18(15)26-20(29)14-27-19-11-5-3-9-17(19)21(23(27)30)22-24(31)28(25(33)34-22)13-16-8-6-12-32-16/h2-5,7,9-11,16H,6,8,12-14H2,1H3,(H,26,29)/b22-21-. The van der Waals surface area contributed by atoms with Crippen LogP contribution in [0.5, 0.6) is 0 Å². The zero-order valence-corrected chi connectivity index (χ0v) is 20.2. The molecule has 174 valence electrons. The Balaban J connectivity index is 1.42. The van der Waals surface area contributed by atoms with Gasteiger partial charge in [0.25, 0.3) is 11.8 Å². The van der Waals surface area contributed by atoms with Crippen molar-refractivity contribution in [3.63, 3.8) is 0 Å². The predicted molar refractivity (Wildman–Crippen MR) is 136 cm³/mol. The molecule has 3 aliphatic heterocycles. The Morgan fingerprint density at radius 2 is 1.88 bits per heavy atom. The molecular weight excluding hydrogens is 470 g/mol. The molecule has 2 aromatic carbocycles. The summed E-state index contributed by atoms with van der Waals surface area (Å²) in [4.78, 5) is 42.9. The summed E-state index contributed by atoms with van der Waals surface area (Å²) in [5.41, 5.74) is 3.16. The van der Waals surface area contributed by atoms with Crippen molar-refractivity contribution < 1.29 is 19.1 Å². The molecule has 5 rings (SSSR count). The summed E-state index contributed by atoms with van der Waals surface area (Å²) in [6.07, 6.45) is 1.81. The van der Waals surface area contributed by atoms with Crippen LogP contribution in [0.1, 0.15) is 24.0 Å². The molecule has 0 bridgehead atoms. The number of nitrogens with one attached hydrogen (secondary N) is 1. The molecule has 3 aliphatic rings. The highest BCUT2D eigenvalue weighted by atomic mass is 32.2. The summed E-state index contributed by atoms with van der Waals surface area (Å²) in [5.74, 6) is -0.974. The number of carbonyl (C=O) groups excluding carboxylic acids is 3. The normalized spacial score (nSPS) is 22.0. The molecule has 1 unspecified atom stereocenters. The number of anilines is 2. The number of fused-ring (bicyclic) bond motifs is 1. The molecule has 0 aromatic heterocycles. The van der Waals surface area contributed by atoms with E-state index in [4.69, 9.17) is 17.0 Å². The fourth-order valence-corrected chi connectivity index (χ4v) is 5.75. The van der Waals surface area contributed by atoms with Gasteiger partial charge in [0.1, 0.15) is 10.9 Å². The largest absolute Gasteiger partial charge is 0.376 e. The summed E-state index contributed by atoms with van der Waals surface area (Å²) < 4.78 is 6.09. The van der Waals surface area contributed by atoms with Crippen molar-refractivity contribution in [2.45, 2.75) is 25.9 Å². The monoisotopic (exact) mass is 493 g/mol. The van der Waals surface area contributed by atoms with E-state index in [1.165, 1.54) is 9.80 Å². The van der Waals surface area contributed by atoms with Crippen LogP contribution in [-0.2, 0) is 19.1 Å². The van der Waals surface area contributed by atoms with Crippen LogP contribution in [0.15, 0.2) is 53.4 Å². The average Bonchev–Trinajstić information content (AvgIpc) is 3.50. The van der Waals surface area contributed by atoms with Gasteiger partial charge in [-0.05, 0) is 37.5 Å². The minimum Gasteiger partial charge on any atom is -0.376 e. The van der Waals surface area contributed by atoms with Crippen LogP contribution in [0.4, 0.5) is 11.4 Å². The number of thioether (sulfide) groups is 1. The molecule has 3 amide bonds. The predicted octanol–water partition coefficient (Wildman–Crippen LogP) is 3.73. The highest BCUT2D eigenvalue weighted by Gasteiger charge is 2.43. The molecule has 7 nitrogen and oxygen atoms in total. The lowest BCUT2D eigenvalue weighted by Gasteiger charge is -2.18. The fourth-order valence-electron chi connectivity index (χ4n) is 4.40. The average molecular weight is 494 g/mol. The van der Waals surface area contributed by atoms with Crippen LogP contribution in [0, 0.1) is 6.92 Å². The molecule has 0 aliphatic carbocycles. The number of para-hydroxylation sites is 2. The van der Waals surface area contributed by atoms with E-state index < -0.39 is 0 Å². The molecule has 34 heavy (non-hydrogen) atoms. The van der Waals surface area contributed by atoms with Gasteiger partial charge in [-0.15, -0.1) is 0 Å². The van der Waals surface area contributed by atoms with E-state index in [0.29, 0.717) is 44.9 Å². The first-order valence-corrected chi connectivity index (χ1v) is 12.3. The van der Waals surface area contributed by atoms with Crippen LogP contribution >= 0.6 is 24.0 Å². The molecule has 9 heteroatoms. The number of amides is 3. The van der Waals surface area contributed by atoms with E-state index >= 15 is 0 Å². The topological polar surface area (TPSA) is 79.0 Å². The van der Waals surface area contributed by atoms with Crippen LogP contribution < -0.4 is 10.2 Å². The van der Waals surface area contributed by atoms with Crippen LogP contribution in [0.2, 0.25) is 0 Å². The Labute approximate surface area is 207 Å². The van der Waals surface area contributed by atoms with Gasteiger partial charge in [-0.1, -0.05) is 60.4 Å². The van der Waals surface area contributed by atoms with Crippen molar-refractivity contribution in [1.82, 2.24) is 4.90 Å². The summed E-state index contributed by atoms with van der Waals surface area (Å²) in [6.45, 7) is 2.82. The van der Waals surface area contributed by atoms with Crippen LogP contribution in [0.3, 0.4) is 0 Å². The Morgan fingerprint density at radius 3 is 2.65 bits per heavy atom. The lowest BCUT2D eigenvalue weighted by atomic mass is 10.1. The number of nitrogens with zero attached hydrogens (tertiary/aromatic N) is 2. The third-order valence-electron chi connectivity index (χ3n) is 6.13. The van der Waals surface area contributed by atoms with E-state index in [1.54, 1.807) is 12.1 Å². The molecule has 2 aromatic rings. The second-order valence-corrected chi connectivity index (χ2v) is 10.0. The first kappa shape index (κ1) is 22.8. The van der Waals surface area contributed by atoms with E-state index in [2.05, 4.69) is 5.32 Å². The van der Waals surface area contributed by atoms with Gasteiger partial charge in [-0.25, -0.2) is 0 Å². The zero-order valence-electron chi connectivity index (χ0n) is 18.6. The smallest absolute Gasteiger partial charge is 0.267 e. The van der Waals surface area contributed by atoms with Crippen molar-refractivity contribution in [2.24, 2.45) is 0 Å². The van der Waals surface area contributed by atoms with Gasteiger partial charge in [0.2, 0.25) is 5.91 Å². The zero-order chi connectivity index (χ0) is 23.8. The molecule has 1 N–H and O–H groups in total. The Bertz CT molecular complexity index is 1240. The van der Waals surface area contributed by atoms with Gasteiger partial charge in [0, 0.05) is 17.9 Å². The van der Waals surface area contributed by atoms with E-state index in [1.807, 2.05) is 43.3 Å². The van der Waals surface area contributed by atoms with Crippen LogP contribution in [0.25, 0.3) is 5.57 Å². The Hall–Kier alpha value is -3.01. The summed E-state index contributed by atoms with van der Waals surface area (Å²) in [5, 5.41) is 2.87. The highest BCUT2D eigenvalue weighted by Crippen LogP contribution is 2.44. The number of aryl methyl sites for hydroxylation is 1. The number of rotatable bonds is 5. The number of ether oxygens (including phenoxy) is 1. The Morgan fingerprint density at radius 1 is 1.12 bits per heavy atom. The van der Waals surface area contributed by atoms with Gasteiger partial charge in [0.15, 0.2) is 0 Å². The molecule has 0 spiro atoms. The van der Waals surface area contributed by atoms with E-state index in [0.717, 1.165) is 30.2 Å². The molecule has 2 saturated heterocycles. The first-order valence-electron chi connectivity index (χ1n) is 11.1. The maximum atomic E-state index is 13.5. The number of hydrogen-bond acceptors (Lipinski definition) is 6. The minimum atomic E-state index is -0.376. The van der Waals surface area contributed by atoms with Crippen molar-refractivity contribution in [3.05, 3.63) is 64.6 Å². The molecule has 1 atom stereocenters. The first-order chi connectivity index (χ1) is 16.4. The Kier molecular flexibility index (Phi) is 6.24. The highest BCUT2D eigenvalue weighted by molar-refractivity contribution is 8.26. The SMILES string of the molecule is Cc1ccccc1NC(=O)CN1C(=O)/C(=C2\SC(=S)N(CC3CCCO3)C2=O)c2ccccc21. The van der Waals surface area contributed by atoms with Crippen molar-refractivity contribution >= 4 is 63.0 Å². The quantitative estimate of drug-likeness (QED) is 0.505. The second-order valence-electron chi connectivity index (χ2n) is 8.39. The molecular formula is C25H23N3O4S2. The maximum absolute atomic E-state index is 13.5. The van der Waals surface area contributed by atoms with Gasteiger partial charge in [0.05, 0.1) is 28.8 Å². The van der Waals surface area contributed by atoms with Gasteiger partial charge >= 0.3 is 0 Å². The van der Waals surface area contributed by atoms with Gasteiger partial charge in [-0.2, -0.15) is 0 Å². The molecule has 0 radical (unpaired) electrons. The lowest BCUT2D eigenvalue weighted by Crippen LogP contribution is -2.36. The second kappa shape index (κ2) is 9.32. The lowest BCUT2D eigenvalue weighted by molar-refractivity contribution is -0.123. The van der Waals surface area contributed by atoms with Crippen LogP contribution in [-0.4, -0.2) is 52.7 Å². The summed E-state index contributed by atoms with van der Waals surface area (Å²) in [6, 6.07) is 14.7. The minimum absolute atomic E-state index is 0.0416. The van der Waals surface area contributed by atoms with E-state index in [9.17, 15) is 14.4 Å². The van der Waals surface area contributed by atoms with E-state index in [-0.39, 0.29) is 30.4 Å². The summed E-state index contributed by atoms with van der Waals surface area (Å²) >= 11 is 6.61. The third kappa shape index (κ3) is 4.15. The summed E-state index contributed by atoms with van der Waals surface area (Å²) in [7, 11) is 0. The number of carbonyl (C=O) groups is 3. The molecule has 3 heterocycles. The van der Waals surface area contributed by atoms with Crippen molar-refractivity contribution in [2.75, 3.05) is 29.9 Å². The van der Waals surface area contributed by atoms with Crippen molar-refractivity contribution in [3.8, 4) is 0 Å². The number of hydrogen-bond donors (Lipinski definition) is 1. The molecule has 2 fully saturated rings. The van der Waals surface area contributed by atoms with Crippen molar-refractivity contribution in [1.29, 1.82) is 0 Å². The fraction of sp³-hybridized carbons (Fsp3) is 0.280. The van der Waals surface area contributed by atoms with Gasteiger partial charge < -0.3 is 10.1 Å². The number of thiocarbonyl (C=S) groups is 1.